The lowest BCUT2D eigenvalue weighted by molar-refractivity contribution is 0.165. The summed E-state index contributed by atoms with van der Waals surface area (Å²) in [5, 5.41) is 9.87. The fourth-order valence-corrected chi connectivity index (χ4v) is 1.66. The van der Waals surface area contributed by atoms with E-state index in [9.17, 15) is 13.9 Å². The van der Waals surface area contributed by atoms with Gasteiger partial charge in [-0.15, -0.1) is 0 Å². The molecule has 2 rings (SSSR count). The second-order valence-electron chi connectivity index (χ2n) is 3.92. The summed E-state index contributed by atoms with van der Waals surface area (Å²) in [6.07, 6.45) is 0.601. The maximum atomic E-state index is 13.5. The van der Waals surface area contributed by atoms with Gasteiger partial charge in [0.25, 0.3) is 0 Å². The Hall–Kier alpha value is -1.68. The summed E-state index contributed by atoms with van der Waals surface area (Å²) in [4.78, 5) is 0. The van der Waals surface area contributed by atoms with Gasteiger partial charge < -0.3 is 9.52 Å². The topological polar surface area (TPSA) is 33.4 Å². The van der Waals surface area contributed by atoms with Crippen molar-refractivity contribution < 1.29 is 18.3 Å². The molecular formula is C13H12F2O2. The minimum absolute atomic E-state index is 0.0836. The number of aliphatic hydroxyl groups is 1. The summed E-state index contributed by atoms with van der Waals surface area (Å²) in [5.74, 6) is -0.803. The molecule has 1 aromatic carbocycles. The molecule has 1 heterocycles. The first-order chi connectivity index (χ1) is 8.08. The van der Waals surface area contributed by atoms with Gasteiger partial charge in [0.05, 0.1) is 12.4 Å². The van der Waals surface area contributed by atoms with E-state index in [-0.39, 0.29) is 12.0 Å². The van der Waals surface area contributed by atoms with E-state index in [1.54, 1.807) is 12.1 Å². The van der Waals surface area contributed by atoms with Crippen LogP contribution in [0.5, 0.6) is 0 Å². The molecule has 0 saturated heterocycles. The highest BCUT2D eigenvalue weighted by Gasteiger charge is 2.16. The molecule has 0 saturated carbocycles. The van der Waals surface area contributed by atoms with Gasteiger partial charge in [0.2, 0.25) is 0 Å². The highest BCUT2D eigenvalue weighted by molar-refractivity contribution is 5.28. The zero-order chi connectivity index (χ0) is 12.4. The van der Waals surface area contributed by atoms with Crippen molar-refractivity contribution in [3.63, 3.8) is 0 Å². The van der Waals surface area contributed by atoms with E-state index in [2.05, 4.69) is 0 Å². The van der Waals surface area contributed by atoms with Crippen LogP contribution in [0.2, 0.25) is 0 Å². The second kappa shape index (κ2) is 4.67. The lowest BCUT2D eigenvalue weighted by Crippen LogP contribution is -2.05. The summed E-state index contributed by atoms with van der Waals surface area (Å²) < 4.78 is 31.6. The summed E-state index contributed by atoms with van der Waals surface area (Å²) in [5.41, 5.74) is 0.389. The molecule has 0 aliphatic rings. The van der Waals surface area contributed by atoms with E-state index in [0.29, 0.717) is 11.3 Å². The number of halogens is 2. The van der Waals surface area contributed by atoms with Gasteiger partial charge in [-0.3, -0.25) is 0 Å². The van der Waals surface area contributed by atoms with Crippen molar-refractivity contribution in [1.82, 2.24) is 0 Å². The van der Waals surface area contributed by atoms with Crippen molar-refractivity contribution in [3.05, 3.63) is 59.1 Å². The smallest absolute Gasteiger partial charge is 0.131 e. The van der Waals surface area contributed by atoms with Gasteiger partial charge in [-0.05, 0) is 30.7 Å². The van der Waals surface area contributed by atoms with Gasteiger partial charge in [0.15, 0.2) is 0 Å². The molecule has 0 bridgehead atoms. The van der Waals surface area contributed by atoms with E-state index >= 15 is 0 Å². The van der Waals surface area contributed by atoms with Crippen molar-refractivity contribution in [1.29, 1.82) is 0 Å². The molecule has 0 spiro atoms. The Morgan fingerprint density at radius 3 is 2.71 bits per heavy atom. The van der Waals surface area contributed by atoms with Crippen molar-refractivity contribution in [2.45, 2.75) is 19.4 Å². The predicted octanol–water partition coefficient (Wildman–Crippen LogP) is 3.14. The van der Waals surface area contributed by atoms with Crippen molar-refractivity contribution >= 4 is 0 Å². The molecule has 1 unspecified atom stereocenters. The molecule has 90 valence electrons. The summed E-state index contributed by atoms with van der Waals surface area (Å²) in [6, 6.07) is 5.49. The largest absolute Gasteiger partial charge is 0.469 e. The monoisotopic (exact) mass is 238 g/mol. The van der Waals surface area contributed by atoms with Gasteiger partial charge in [0.1, 0.15) is 17.4 Å². The van der Waals surface area contributed by atoms with Crippen LogP contribution in [0.4, 0.5) is 8.78 Å². The van der Waals surface area contributed by atoms with E-state index in [0.717, 1.165) is 6.07 Å². The molecule has 0 radical (unpaired) electrons. The van der Waals surface area contributed by atoms with Crippen LogP contribution in [0.1, 0.15) is 23.0 Å². The molecule has 2 aromatic rings. The van der Waals surface area contributed by atoms with Crippen LogP contribution in [-0.2, 0) is 6.42 Å². The van der Waals surface area contributed by atoms with Crippen molar-refractivity contribution in [3.8, 4) is 0 Å². The van der Waals surface area contributed by atoms with Crippen molar-refractivity contribution in [2.75, 3.05) is 0 Å². The molecule has 0 aliphatic carbocycles. The Bertz CT molecular complexity index is 506. The fourth-order valence-electron chi connectivity index (χ4n) is 1.66. The third kappa shape index (κ3) is 2.53. The predicted molar refractivity (Wildman–Crippen MR) is 58.5 cm³/mol. The zero-order valence-corrected chi connectivity index (χ0v) is 9.28. The molecule has 1 N–H and O–H groups in total. The number of benzene rings is 1. The van der Waals surface area contributed by atoms with Gasteiger partial charge in [-0.25, -0.2) is 8.78 Å². The maximum Gasteiger partial charge on any atom is 0.131 e. The molecular weight excluding hydrogens is 226 g/mol. The van der Waals surface area contributed by atoms with E-state index in [1.165, 1.54) is 19.3 Å². The number of aliphatic hydroxyl groups excluding tert-OH is 1. The van der Waals surface area contributed by atoms with Crippen molar-refractivity contribution in [2.24, 2.45) is 0 Å². The highest BCUT2D eigenvalue weighted by Crippen LogP contribution is 2.23. The Balaban J connectivity index is 2.24. The van der Waals surface area contributed by atoms with Crippen LogP contribution in [-0.4, -0.2) is 5.11 Å². The Morgan fingerprint density at radius 1 is 1.29 bits per heavy atom. The van der Waals surface area contributed by atoms with Crippen LogP contribution < -0.4 is 0 Å². The minimum atomic E-state index is -1.04. The number of aryl methyl sites for hydroxylation is 1. The molecule has 0 aliphatic heterocycles. The molecule has 0 amide bonds. The first kappa shape index (κ1) is 11.8. The van der Waals surface area contributed by atoms with E-state index < -0.39 is 17.7 Å². The molecule has 1 aromatic heterocycles. The average molecular weight is 238 g/mol. The van der Waals surface area contributed by atoms with Crippen LogP contribution in [0.25, 0.3) is 0 Å². The first-order valence-electron chi connectivity index (χ1n) is 5.24. The number of hydrogen-bond acceptors (Lipinski definition) is 2. The SMILES string of the molecule is Cc1cc(C(O)Cc2ccco2)c(F)cc1F. The summed E-state index contributed by atoms with van der Waals surface area (Å²) in [7, 11) is 0. The fraction of sp³-hybridized carbons (Fsp3) is 0.231. The van der Waals surface area contributed by atoms with Gasteiger partial charge >= 0.3 is 0 Å². The lowest BCUT2D eigenvalue weighted by Gasteiger charge is -2.11. The summed E-state index contributed by atoms with van der Waals surface area (Å²) in [6.45, 7) is 1.53. The normalized spacial score (nSPS) is 12.7. The van der Waals surface area contributed by atoms with E-state index in [1.807, 2.05) is 0 Å². The number of rotatable bonds is 3. The van der Waals surface area contributed by atoms with Gasteiger partial charge in [-0.2, -0.15) is 0 Å². The molecule has 17 heavy (non-hydrogen) atoms. The second-order valence-corrected chi connectivity index (χ2v) is 3.92. The van der Waals surface area contributed by atoms with Crippen LogP contribution in [0.3, 0.4) is 0 Å². The lowest BCUT2D eigenvalue weighted by atomic mass is 10.0. The molecule has 4 heteroatoms. The molecule has 2 nitrogen and oxygen atoms in total. The quantitative estimate of drug-likeness (QED) is 0.891. The number of furan rings is 1. The molecule has 0 fully saturated rings. The zero-order valence-electron chi connectivity index (χ0n) is 9.28. The van der Waals surface area contributed by atoms with Crippen LogP contribution >= 0.6 is 0 Å². The highest BCUT2D eigenvalue weighted by atomic mass is 19.1. The Labute approximate surface area is 97.5 Å². The van der Waals surface area contributed by atoms with Gasteiger partial charge in [0, 0.05) is 18.1 Å². The Kier molecular flexibility index (Phi) is 3.24. The molecule has 1 atom stereocenters. The third-order valence-corrected chi connectivity index (χ3v) is 2.61. The summed E-state index contributed by atoms with van der Waals surface area (Å²) >= 11 is 0. The average Bonchev–Trinajstić information content (AvgIpc) is 2.76. The van der Waals surface area contributed by atoms with Gasteiger partial charge in [-0.1, -0.05) is 0 Å². The Morgan fingerprint density at radius 2 is 2.06 bits per heavy atom. The number of hydrogen-bond donors (Lipinski definition) is 1. The standard InChI is InChI=1S/C13H12F2O2/c1-8-5-10(12(15)7-11(8)14)13(16)6-9-3-2-4-17-9/h2-5,7,13,16H,6H2,1H3. The maximum absolute atomic E-state index is 13.5. The first-order valence-corrected chi connectivity index (χ1v) is 5.24. The van der Waals surface area contributed by atoms with Crippen LogP contribution in [0, 0.1) is 18.6 Å². The third-order valence-electron chi connectivity index (χ3n) is 2.61. The van der Waals surface area contributed by atoms with Crippen LogP contribution in [0.15, 0.2) is 34.9 Å². The minimum Gasteiger partial charge on any atom is -0.469 e. The van der Waals surface area contributed by atoms with E-state index in [4.69, 9.17) is 4.42 Å².